The molecule has 0 fully saturated rings. The third-order valence-corrected chi connectivity index (χ3v) is 0. The van der Waals surface area contributed by atoms with Gasteiger partial charge in [-0.1, -0.05) is 0 Å². The fourth-order valence-electron chi connectivity index (χ4n) is 0. The molecule has 0 rings (SSSR count). The Balaban J connectivity index is -0.00000000214. The minimum Gasteiger partial charge on any atom is -0.652 e. The van der Waals surface area contributed by atoms with Crippen molar-refractivity contribution in [3.8, 4) is 0 Å². The van der Waals surface area contributed by atoms with Gasteiger partial charge in [0, 0.05) is 0 Å². The fraction of sp³-hybridized carbons (Fsp3) is 0. The standard InChI is InChI=1S/CH2O3.7H2O/c2-1(3)4;;;;;;;/h(H2,2,3,4);7*1H2/p-2. The van der Waals surface area contributed by atoms with Gasteiger partial charge in [-0.2, -0.15) is 0 Å². The van der Waals surface area contributed by atoms with E-state index in [4.69, 9.17) is 15.0 Å². The summed E-state index contributed by atoms with van der Waals surface area (Å²) in [7, 11) is 0. The lowest BCUT2D eigenvalue weighted by atomic mass is 11.5. The summed E-state index contributed by atoms with van der Waals surface area (Å²) in [5.41, 5.74) is 0. The highest BCUT2D eigenvalue weighted by molar-refractivity contribution is 5.47. The SMILES string of the molecule is O.O.O.O.O.O.O.O=C([O-])[O-]. The van der Waals surface area contributed by atoms with Crippen molar-refractivity contribution in [2.24, 2.45) is 0 Å². The lowest BCUT2D eigenvalue weighted by molar-refractivity contribution is -0.415. The van der Waals surface area contributed by atoms with E-state index >= 15 is 0 Å². The highest BCUT2D eigenvalue weighted by Gasteiger charge is 1.26. The van der Waals surface area contributed by atoms with Crippen molar-refractivity contribution in [1.29, 1.82) is 0 Å². The first kappa shape index (κ1) is 204. The van der Waals surface area contributed by atoms with E-state index in [0.29, 0.717) is 0 Å². The van der Waals surface area contributed by atoms with E-state index in [1.807, 2.05) is 0 Å². The molecule has 0 aromatic heterocycles. The van der Waals surface area contributed by atoms with Gasteiger partial charge in [-0.05, 0) is 6.16 Å². The predicted octanol–water partition coefficient (Wildman–Crippen LogP) is -8.22. The highest BCUT2D eigenvalue weighted by Crippen LogP contribution is 1.21. The molecule has 0 aromatic carbocycles. The van der Waals surface area contributed by atoms with Crippen molar-refractivity contribution in [2.45, 2.75) is 0 Å². The van der Waals surface area contributed by atoms with Crippen molar-refractivity contribution in [3.05, 3.63) is 0 Å². The summed E-state index contributed by atoms with van der Waals surface area (Å²) >= 11 is 0. The van der Waals surface area contributed by atoms with Crippen molar-refractivity contribution in [3.63, 3.8) is 0 Å². The van der Waals surface area contributed by atoms with Gasteiger partial charge in [0.2, 0.25) is 0 Å². The zero-order chi connectivity index (χ0) is 3.58. The third-order valence-electron chi connectivity index (χ3n) is 0. The summed E-state index contributed by atoms with van der Waals surface area (Å²) in [4.78, 5) is 8.33. The molecule has 0 aliphatic rings. The Morgan fingerprint density at radius 1 is 0.636 bits per heavy atom. The molecule has 0 aliphatic heterocycles. The van der Waals surface area contributed by atoms with Gasteiger partial charge >= 0.3 is 0 Å². The molecule has 0 radical (unpaired) electrons. The molecule has 0 amide bonds. The van der Waals surface area contributed by atoms with Gasteiger partial charge in [0.15, 0.2) is 0 Å². The lowest BCUT2D eigenvalue weighted by Gasteiger charge is -1.96. The summed E-state index contributed by atoms with van der Waals surface area (Å²) in [5.74, 6) is 0. The van der Waals surface area contributed by atoms with Gasteiger partial charge in [-0.25, -0.2) is 0 Å². The molecule has 10 heteroatoms. The number of carboxylic acid groups (broad SMARTS) is 2. The topological polar surface area (TPSA) is 284 Å². The minimum absolute atomic E-state index is 0. The molecule has 0 aliphatic carbocycles. The van der Waals surface area contributed by atoms with Crippen LogP contribution in [0.5, 0.6) is 0 Å². The molecule has 80 valence electrons. The Morgan fingerprint density at radius 3 is 0.636 bits per heavy atom. The van der Waals surface area contributed by atoms with Gasteiger partial charge < -0.3 is 53.3 Å². The van der Waals surface area contributed by atoms with E-state index in [-0.39, 0.29) is 38.3 Å². The molecule has 0 saturated heterocycles. The van der Waals surface area contributed by atoms with Gasteiger partial charge in [0.05, 0.1) is 0 Å². The zero-order valence-electron chi connectivity index (χ0n) is 5.22. The molecule has 0 atom stereocenters. The van der Waals surface area contributed by atoms with E-state index < -0.39 is 6.16 Å². The Labute approximate surface area is 60.9 Å². The van der Waals surface area contributed by atoms with Crippen LogP contribution in [-0.2, 0) is 0 Å². The van der Waals surface area contributed by atoms with E-state index in [1.54, 1.807) is 0 Å². The number of carbonyl (C=O) groups is 1. The van der Waals surface area contributed by atoms with E-state index in [0.717, 1.165) is 0 Å². The maximum absolute atomic E-state index is 8.33. The predicted molar refractivity (Wildman–Crippen MR) is 30.7 cm³/mol. The second kappa shape index (κ2) is 145. The van der Waals surface area contributed by atoms with Crippen LogP contribution >= 0.6 is 0 Å². The van der Waals surface area contributed by atoms with Crippen LogP contribution in [0, 0.1) is 0 Å². The van der Waals surface area contributed by atoms with Crippen LogP contribution in [0.15, 0.2) is 0 Å². The first-order chi connectivity index (χ1) is 1.73. The molecule has 0 bridgehead atoms. The maximum atomic E-state index is 8.33. The average molecular weight is 186 g/mol. The molecule has 0 heterocycles. The highest BCUT2D eigenvalue weighted by atomic mass is 16.6. The van der Waals surface area contributed by atoms with Crippen molar-refractivity contribution in [2.75, 3.05) is 0 Å². The fourth-order valence-corrected chi connectivity index (χ4v) is 0. The molecule has 0 saturated carbocycles. The molecule has 14 N–H and O–H groups in total. The molecule has 11 heavy (non-hydrogen) atoms. The summed E-state index contributed by atoms with van der Waals surface area (Å²) < 4.78 is 0. The molecule has 0 spiro atoms. The Morgan fingerprint density at radius 2 is 0.636 bits per heavy atom. The first-order valence-electron chi connectivity index (χ1n) is 0.612. The number of hydrogen-bond donors (Lipinski definition) is 0. The van der Waals surface area contributed by atoms with Gasteiger partial charge in [0.25, 0.3) is 0 Å². The van der Waals surface area contributed by atoms with E-state index in [1.165, 1.54) is 0 Å². The monoisotopic (exact) mass is 186 g/mol. The quantitative estimate of drug-likeness (QED) is 0.355. The summed E-state index contributed by atoms with van der Waals surface area (Å²) in [6.45, 7) is 0. The van der Waals surface area contributed by atoms with Crippen LogP contribution in [0.1, 0.15) is 0 Å². The minimum atomic E-state index is -2.33. The summed E-state index contributed by atoms with van der Waals surface area (Å²) in [6.07, 6.45) is -2.33. The van der Waals surface area contributed by atoms with Crippen molar-refractivity contribution < 1.29 is 53.3 Å². The molecule has 0 aromatic rings. The van der Waals surface area contributed by atoms with Crippen LogP contribution in [0.25, 0.3) is 0 Å². The second-order valence-corrected chi connectivity index (χ2v) is 0.250. The van der Waals surface area contributed by atoms with Crippen LogP contribution in [0.3, 0.4) is 0 Å². The summed E-state index contributed by atoms with van der Waals surface area (Å²) in [6, 6.07) is 0. The smallest absolute Gasteiger partial charge is 0.0431 e. The van der Waals surface area contributed by atoms with Crippen LogP contribution < -0.4 is 10.2 Å². The molecule has 0 unspecified atom stereocenters. The number of carbonyl (C=O) groups excluding carboxylic acids is 1. The third kappa shape index (κ3) is 431. The lowest BCUT2D eigenvalue weighted by Crippen LogP contribution is -2.37. The van der Waals surface area contributed by atoms with Crippen LogP contribution in [0.2, 0.25) is 0 Å². The zero-order valence-corrected chi connectivity index (χ0v) is 5.22. The maximum Gasteiger partial charge on any atom is -0.0431 e. The van der Waals surface area contributed by atoms with E-state index in [2.05, 4.69) is 0 Å². The Bertz CT molecular complexity index is 27.9. The van der Waals surface area contributed by atoms with Crippen LogP contribution in [0.4, 0.5) is 4.79 Å². The summed E-state index contributed by atoms with van der Waals surface area (Å²) in [5, 5.41) is 16.7. The largest absolute Gasteiger partial charge is 0.652 e. The number of hydrogen-bond acceptors (Lipinski definition) is 3. The van der Waals surface area contributed by atoms with Gasteiger partial charge in [0.1, 0.15) is 0 Å². The molecular formula is CH14O10-2. The van der Waals surface area contributed by atoms with E-state index in [9.17, 15) is 0 Å². The number of rotatable bonds is 0. The average Bonchev–Trinajstić information content (AvgIpc) is 0.811. The van der Waals surface area contributed by atoms with Crippen molar-refractivity contribution in [1.82, 2.24) is 0 Å². The first-order valence-corrected chi connectivity index (χ1v) is 0.612. The molecule has 10 nitrogen and oxygen atoms in total. The Hall–Kier alpha value is -1.01. The Kier molecular flexibility index (Phi) is 2690. The van der Waals surface area contributed by atoms with Gasteiger partial charge in [-0.15, -0.1) is 0 Å². The van der Waals surface area contributed by atoms with Crippen molar-refractivity contribution >= 4 is 6.16 Å². The molecular weight excluding hydrogens is 172 g/mol. The normalized spacial score (nSPS) is 2.18. The van der Waals surface area contributed by atoms with Crippen LogP contribution in [-0.4, -0.2) is 44.5 Å². The van der Waals surface area contributed by atoms with Gasteiger partial charge in [-0.3, -0.25) is 0 Å². The second-order valence-electron chi connectivity index (χ2n) is 0.250.